The van der Waals surface area contributed by atoms with Crippen molar-refractivity contribution in [3.05, 3.63) is 23.4 Å². The standard InChI is InChI=1S/C11H15ClN2S/c12-10-2-1-5-14-11(10)15-7-6-13-8-9-3-4-9/h1-2,5,9,13H,3-4,6-8H2. The van der Waals surface area contributed by atoms with E-state index in [2.05, 4.69) is 10.3 Å². The van der Waals surface area contributed by atoms with Crippen LogP contribution < -0.4 is 5.32 Å². The van der Waals surface area contributed by atoms with Crippen LogP contribution in [0.3, 0.4) is 0 Å². The Kier molecular flexibility index (Phi) is 4.29. The van der Waals surface area contributed by atoms with Gasteiger partial charge in [0.05, 0.1) is 5.02 Å². The molecule has 4 heteroatoms. The van der Waals surface area contributed by atoms with Crippen molar-refractivity contribution >= 4 is 23.4 Å². The second-order valence-electron chi connectivity index (χ2n) is 3.79. The predicted octanol–water partition coefficient (Wildman–Crippen LogP) is 2.83. The highest BCUT2D eigenvalue weighted by Gasteiger charge is 2.19. The molecule has 2 rings (SSSR count). The molecule has 0 saturated heterocycles. The number of nitrogens with zero attached hydrogens (tertiary/aromatic N) is 1. The van der Waals surface area contributed by atoms with Gasteiger partial charge in [-0.3, -0.25) is 0 Å². The Bertz CT molecular complexity index is 315. The summed E-state index contributed by atoms with van der Waals surface area (Å²) in [4.78, 5) is 4.23. The number of halogens is 1. The fraction of sp³-hybridized carbons (Fsp3) is 0.545. The van der Waals surface area contributed by atoms with E-state index in [1.165, 1.54) is 19.4 Å². The summed E-state index contributed by atoms with van der Waals surface area (Å²) in [6, 6.07) is 3.74. The van der Waals surface area contributed by atoms with Crippen LogP contribution in [0.1, 0.15) is 12.8 Å². The fourth-order valence-corrected chi connectivity index (χ4v) is 2.39. The molecule has 1 saturated carbocycles. The Morgan fingerprint density at radius 1 is 1.53 bits per heavy atom. The normalized spacial score (nSPS) is 15.5. The summed E-state index contributed by atoms with van der Waals surface area (Å²) in [7, 11) is 0. The third-order valence-corrected chi connectivity index (χ3v) is 3.80. The van der Waals surface area contributed by atoms with Gasteiger partial charge >= 0.3 is 0 Å². The molecule has 1 fully saturated rings. The molecular weight excluding hydrogens is 228 g/mol. The molecule has 2 nitrogen and oxygen atoms in total. The molecule has 1 aromatic heterocycles. The highest BCUT2D eigenvalue weighted by molar-refractivity contribution is 7.99. The lowest BCUT2D eigenvalue weighted by Crippen LogP contribution is -2.19. The topological polar surface area (TPSA) is 24.9 Å². The highest BCUT2D eigenvalue weighted by atomic mass is 35.5. The molecule has 1 N–H and O–H groups in total. The van der Waals surface area contributed by atoms with Crippen LogP contribution in [0.15, 0.2) is 23.4 Å². The van der Waals surface area contributed by atoms with Gasteiger partial charge < -0.3 is 5.32 Å². The van der Waals surface area contributed by atoms with Crippen molar-refractivity contribution < 1.29 is 0 Å². The van der Waals surface area contributed by atoms with Crippen LogP contribution in [0.2, 0.25) is 5.02 Å². The number of hydrogen-bond donors (Lipinski definition) is 1. The minimum absolute atomic E-state index is 0.754. The molecule has 1 aromatic rings. The van der Waals surface area contributed by atoms with Crippen LogP contribution in [0, 0.1) is 5.92 Å². The monoisotopic (exact) mass is 242 g/mol. The van der Waals surface area contributed by atoms with Crippen LogP contribution in [0.25, 0.3) is 0 Å². The summed E-state index contributed by atoms with van der Waals surface area (Å²) in [6.45, 7) is 2.21. The number of hydrogen-bond acceptors (Lipinski definition) is 3. The van der Waals surface area contributed by atoms with Crippen molar-refractivity contribution in [3.8, 4) is 0 Å². The van der Waals surface area contributed by atoms with E-state index in [4.69, 9.17) is 11.6 Å². The first kappa shape index (κ1) is 11.2. The molecule has 0 spiro atoms. The van der Waals surface area contributed by atoms with E-state index >= 15 is 0 Å². The molecule has 0 aliphatic heterocycles. The smallest absolute Gasteiger partial charge is 0.115 e. The van der Waals surface area contributed by atoms with Gasteiger partial charge in [-0.2, -0.15) is 0 Å². The Hall–Kier alpha value is -0.250. The van der Waals surface area contributed by atoms with Crippen LogP contribution >= 0.6 is 23.4 Å². The second-order valence-corrected chi connectivity index (χ2v) is 5.28. The maximum absolute atomic E-state index is 5.99. The van der Waals surface area contributed by atoms with Crippen molar-refractivity contribution in [3.63, 3.8) is 0 Å². The summed E-state index contributed by atoms with van der Waals surface area (Å²) in [5.74, 6) is 1.98. The minimum atomic E-state index is 0.754. The molecule has 0 aromatic carbocycles. The molecule has 0 radical (unpaired) electrons. The number of thioether (sulfide) groups is 1. The lowest BCUT2D eigenvalue weighted by atomic mass is 10.4. The van der Waals surface area contributed by atoms with Gasteiger partial charge in [0.2, 0.25) is 0 Å². The Morgan fingerprint density at radius 3 is 3.13 bits per heavy atom. The molecular formula is C11H15ClN2S. The quantitative estimate of drug-likeness (QED) is 0.614. The van der Waals surface area contributed by atoms with Gasteiger partial charge in [-0.05, 0) is 37.4 Å². The Balaban J connectivity index is 1.62. The van der Waals surface area contributed by atoms with Crippen molar-refractivity contribution in [1.29, 1.82) is 0 Å². The van der Waals surface area contributed by atoms with Gasteiger partial charge in [-0.15, -0.1) is 11.8 Å². The van der Waals surface area contributed by atoms with Gasteiger partial charge in [0.15, 0.2) is 0 Å². The van der Waals surface area contributed by atoms with Gasteiger partial charge in [-0.25, -0.2) is 4.98 Å². The SMILES string of the molecule is Clc1cccnc1SCCNCC1CC1. The molecule has 0 unspecified atom stereocenters. The Morgan fingerprint density at radius 2 is 2.40 bits per heavy atom. The number of rotatable bonds is 6. The maximum atomic E-state index is 5.99. The molecule has 15 heavy (non-hydrogen) atoms. The summed E-state index contributed by atoms with van der Waals surface area (Å²) in [5.41, 5.74) is 0. The van der Waals surface area contributed by atoms with Gasteiger partial charge in [0, 0.05) is 18.5 Å². The van der Waals surface area contributed by atoms with E-state index in [1.54, 1.807) is 18.0 Å². The van der Waals surface area contributed by atoms with Crippen LogP contribution in [0.5, 0.6) is 0 Å². The molecule has 0 amide bonds. The molecule has 82 valence electrons. The average Bonchev–Trinajstić information content (AvgIpc) is 3.04. The maximum Gasteiger partial charge on any atom is 0.115 e. The molecule has 0 atom stereocenters. The van der Waals surface area contributed by atoms with Crippen molar-refractivity contribution in [1.82, 2.24) is 10.3 Å². The summed E-state index contributed by atoms with van der Waals surface area (Å²) < 4.78 is 0. The van der Waals surface area contributed by atoms with E-state index in [-0.39, 0.29) is 0 Å². The first-order valence-corrected chi connectivity index (χ1v) is 6.66. The molecule has 1 aliphatic rings. The highest BCUT2D eigenvalue weighted by Crippen LogP contribution is 2.27. The average molecular weight is 243 g/mol. The van der Waals surface area contributed by atoms with E-state index < -0.39 is 0 Å². The zero-order chi connectivity index (χ0) is 10.5. The number of nitrogens with one attached hydrogen (secondary N) is 1. The number of pyridine rings is 1. The van der Waals surface area contributed by atoms with E-state index in [0.29, 0.717) is 0 Å². The lowest BCUT2D eigenvalue weighted by Gasteiger charge is -2.04. The zero-order valence-electron chi connectivity index (χ0n) is 8.58. The molecule has 0 bridgehead atoms. The van der Waals surface area contributed by atoms with Gasteiger partial charge in [0.25, 0.3) is 0 Å². The van der Waals surface area contributed by atoms with E-state index in [1.807, 2.05) is 12.1 Å². The number of aromatic nitrogens is 1. The summed E-state index contributed by atoms with van der Waals surface area (Å²) in [5, 5.41) is 5.14. The van der Waals surface area contributed by atoms with Gasteiger partial charge in [-0.1, -0.05) is 11.6 Å². The van der Waals surface area contributed by atoms with Crippen molar-refractivity contribution in [2.75, 3.05) is 18.8 Å². The Labute approximate surface area is 99.8 Å². The van der Waals surface area contributed by atoms with Crippen molar-refractivity contribution in [2.45, 2.75) is 17.9 Å². The summed E-state index contributed by atoms with van der Waals surface area (Å²) in [6.07, 6.45) is 4.60. The van der Waals surface area contributed by atoms with Crippen LogP contribution in [0.4, 0.5) is 0 Å². The predicted molar refractivity (Wildman–Crippen MR) is 65.6 cm³/mol. The third kappa shape index (κ3) is 4.01. The first-order valence-electron chi connectivity index (χ1n) is 5.30. The van der Waals surface area contributed by atoms with Crippen LogP contribution in [-0.2, 0) is 0 Å². The summed E-state index contributed by atoms with van der Waals surface area (Å²) >= 11 is 7.71. The third-order valence-electron chi connectivity index (χ3n) is 2.37. The van der Waals surface area contributed by atoms with Crippen LogP contribution in [-0.4, -0.2) is 23.8 Å². The second kappa shape index (κ2) is 5.73. The first-order chi connectivity index (χ1) is 7.36. The van der Waals surface area contributed by atoms with Gasteiger partial charge in [0.1, 0.15) is 5.03 Å². The lowest BCUT2D eigenvalue weighted by molar-refractivity contribution is 0.665. The fourth-order valence-electron chi connectivity index (χ4n) is 1.33. The van der Waals surface area contributed by atoms with E-state index in [9.17, 15) is 0 Å². The zero-order valence-corrected chi connectivity index (χ0v) is 10.2. The van der Waals surface area contributed by atoms with Crippen molar-refractivity contribution in [2.24, 2.45) is 5.92 Å². The van der Waals surface area contributed by atoms with E-state index in [0.717, 1.165) is 28.3 Å². The largest absolute Gasteiger partial charge is 0.316 e. The molecule has 1 heterocycles. The minimum Gasteiger partial charge on any atom is -0.316 e. The molecule has 1 aliphatic carbocycles.